The van der Waals surface area contributed by atoms with Crippen LogP contribution in [0, 0.1) is 0 Å². The molecule has 8 heteroatoms. The van der Waals surface area contributed by atoms with Gasteiger partial charge in [0, 0.05) is 43.7 Å². The summed E-state index contributed by atoms with van der Waals surface area (Å²) in [6, 6.07) is 14.9. The van der Waals surface area contributed by atoms with Crippen LogP contribution in [0.4, 0.5) is 16.2 Å². The zero-order valence-corrected chi connectivity index (χ0v) is 17.4. The van der Waals surface area contributed by atoms with Crippen LogP contribution in [0.5, 0.6) is 5.75 Å². The molecule has 3 amide bonds. The summed E-state index contributed by atoms with van der Waals surface area (Å²) in [7, 11) is 1.55. The lowest BCUT2D eigenvalue weighted by molar-refractivity contribution is -0.117. The van der Waals surface area contributed by atoms with Crippen LogP contribution < -0.4 is 20.3 Å². The molecule has 0 radical (unpaired) electrons. The van der Waals surface area contributed by atoms with Crippen molar-refractivity contribution in [2.45, 2.75) is 25.9 Å². The van der Waals surface area contributed by atoms with Gasteiger partial charge in [-0.25, -0.2) is 4.79 Å². The van der Waals surface area contributed by atoms with Gasteiger partial charge < -0.3 is 20.3 Å². The number of ether oxygens (including phenoxy) is 1. The predicted octanol–water partition coefficient (Wildman–Crippen LogP) is 3.39. The summed E-state index contributed by atoms with van der Waals surface area (Å²) in [4.78, 5) is 26.1. The summed E-state index contributed by atoms with van der Waals surface area (Å²) in [5.74, 6) is 0.646. The number of methoxy groups -OCH3 is 1. The van der Waals surface area contributed by atoms with E-state index in [1.807, 2.05) is 41.2 Å². The first-order valence-corrected chi connectivity index (χ1v) is 10.2. The molecule has 0 saturated carbocycles. The van der Waals surface area contributed by atoms with Gasteiger partial charge in [-0.1, -0.05) is 24.3 Å². The zero-order valence-electron chi connectivity index (χ0n) is 17.4. The Morgan fingerprint density at radius 2 is 1.97 bits per heavy atom. The van der Waals surface area contributed by atoms with Crippen LogP contribution in [0.15, 0.2) is 60.9 Å². The van der Waals surface area contributed by atoms with Crippen LogP contribution in [0.3, 0.4) is 0 Å². The van der Waals surface area contributed by atoms with Gasteiger partial charge in [-0.2, -0.15) is 5.10 Å². The fourth-order valence-corrected chi connectivity index (χ4v) is 3.58. The summed E-state index contributed by atoms with van der Waals surface area (Å²) >= 11 is 0. The SMILES string of the molecule is COc1cc(NC(=O)NCc2ccc(Cn3cccn3)cc2)ccc1N1CCCC1=O. The maximum atomic E-state index is 12.3. The zero-order chi connectivity index (χ0) is 21.6. The molecule has 1 saturated heterocycles. The van der Waals surface area contributed by atoms with Gasteiger partial charge in [0.15, 0.2) is 0 Å². The highest BCUT2D eigenvalue weighted by Gasteiger charge is 2.24. The smallest absolute Gasteiger partial charge is 0.319 e. The van der Waals surface area contributed by atoms with Crippen LogP contribution in [-0.2, 0) is 17.9 Å². The third kappa shape index (κ3) is 5.03. The van der Waals surface area contributed by atoms with Gasteiger partial charge in [-0.05, 0) is 35.7 Å². The number of benzene rings is 2. The Kier molecular flexibility index (Phi) is 6.16. The Labute approximate surface area is 180 Å². The molecule has 0 atom stereocenters. The molecule has 2 heterocycles. The van der Waals surface area contributed by atoms with Gasteiger partial charge in [0.2, 0.25) is 5.91 Å². The van der Waals surface area contributed by atoms with Gasteiger partial charge in [-0.15, -0.1) is 0 Å². The summed E-state index contributed by atoms with van der Waals surface area (Å²) in [5, 5.41) is 9.87. The van der Waals surface area contributed by atoms with Crippen molar-refractivity contribution >= 4 is 23.3 Å². The Hall–Kier alpha value is -3.81. The molecule has 2 aromatic carbocycles. The minimum atomic E-state index is -0.312. The Balaban J connectivity index is 1.32. The average Bonchev–Trinajstić information content (AvgIpc) is 3.45. The standard InChI is InChI=1S/C23H25N5O3/c1-31-21-14-19(9-10-20(21)28-13-2-4-22(28)29)26-23(30)24-15-17-5-7-18(8-6-17)16-27-12-3-11-25-27/h3,5-12,14H,2,4,13,15-16H2,1H3,(H2,24,26,30). The highest BCUT2D eigenvalue weighted by molar-refractivity contribution is 5.97. The lowest BCUT2D eigenvalue weighted by Crippen LogP contribution is -2.28. The molecule has 1 aromatic heterocycles. The van der Waals surface area contributed by atoms with Crippen molar-refractivity contribution < 1.29 is 14.3 Å². The molecule has 0 aliphatic carbocycles. The van der Waals surface area contributed by atoms with Crippen molar-refractivity contribution in [2.24, 2.45) is 0 Å². The van der Waals surface area contributed by atoms with E-state index in [9.17, 15) is 9.59 Å². The normalized spacial score (nSPS) is 13.3. The van der Waals surface area contributed by atoms with Crippen molar-refractivity contribution in [1.82, 2.24) is 15.1 Å². The number of hydrogen-bond acceptors (Lipinski definition) is 4. The van der Waals surface area contributed by atoms with E-state index in [0.717, 1.165) is 23.2 Å². The van der Waals surface area contributed by atoms with E-state index in [2.05, 4.69) is 15.7 Å². The number of carbonyl (C=O) groups is 2. The van der Waals surface area contributed by atoms with E-state index in [4.69, 9.17) is 4.74 Å². The van der Waals surface area contributed by atoms with Gasteiger partial charge in [0.25, 0.3) is 0 Å². The van der Waals surface area contributed by atoms with Crippen LogP contribution in [0.1, 0.15) is 24.0 Å². The Morgan fingerprint density at radius 3 is 2.65 bits per heavy atom. The second-order valence-electron chi connectivity index (χ2n) is 7.36. The van der Waals surface area contributed by atoms with Gasteiger partial charge in [0.1, 0.15) is 5.75 Å². The molecule has 1 aliphatic rings. The monoisotopic (exact) mass is 419 g/mol. The molecule has 2 N–H and O–H groups in total. The quantitative estimate of drug-likeness (QED) is 0.614. The van der Waals surface area contributed by atoms with Gasteiger partial charge in [-0.3, -0.25) is 9.48 Å². The lowest BCUT2D eigenvalue weighted by atomic mass is 10.1. The third-order valence-corrected chi connectivity index (χ3v) is 5.18. The first kappa shape index (κ1) is 20.5. The fraction of sp³-hybridized carbons (Fsp3) is 0.261. The molecule has 0 spiro atoms. The molecule has 1 aliphatic heterocycles. The molecule has 0 unspecified atom stereocenters. The summed E-state index contributed by atoms with van der Waals surface area (Å²) < 4.78 is 7.30. The molecular formula is C23H25N5O3. The van der Waals surface area contributed by atoms with E-state index in [1.54, 1.807) is 36.4 Å². The molecular weight excluding hydrogens is 394 g/mol. The average molecular weight is 419 g/mol. The topological polar surface area (TPSA) is 88.5 Å². The highest BCUT2D eigenvalue weighted by Crippen LogP contribution is 2.33. The molecule has 1 fully saturated rings. The minimum absolute atomic E-state index is 0.0902. The summed E-state index contributed by atoms with van der Waals surface area (Å²) in [5.41, 5.74) is 3.46. The summed E-state index contributed by atoms with van der Waals surface area (Å²) in [6.45, 7) is 1.80. The number of anilines is 2. The number of nitrogens with one attached hydrogen (secondary N) is 2. The molecule has 3 aromatic rings. The number of amides is 3. The fourth-order valence-electron chi connectivity index (χ4n) is 3.58. The Morgan fingerprint density at radius 1 is 1.16 bits per heavy atom. The van der Waals surface area contributed by atoms with E-state index < -0.39 is 0 Å². The molecule has 0 bridgehead atoms. The number of carbonyl (C=O) groups excluding carboxylic acids is 2. The third-order valence-electron chi connectivity index (χ3n) is 5.18. The Bertz CT molecular complexity index is 1050. The second-order valence-corrected chi connectivity index (χ2v) is 7.36. The van der Waals surface area contributed by atoms with Crippen LogP contribution in [0.2, 0.25) is 0 Å². The second kappa shape index (κ2) is 9.34. The first-order chi connectivity index (χ1) is 15.1. The number of aromatic nitrogens is 2. The van der Waals surface area contributed by atoms with E-state index in [0.29, 0.717) is 37.5 Å². The van der Waals surface area contributed by atoms with E-state index >= 15 is 0 Å². The van der Waals surface area contributed by atoms with E-state index in [-0.39, 0.29) is 11.9 Å². The van der Waals surface area contributed by atoms with Gasteiger partial charge in [0.05, 0.1) is 19.3 Å². The molecule has 31 heavy (non-hydrogen) atoms. The summed E-state index contributed by atoms with van der Waals surface area (Å²) in [6.07, 6.45) is 5.07. The molecule has 4 rings (SSSR count). The van der Waals surface area contributed by atoms with Crippen molar-refractivity contribution in [3.05, 3.63) is 72.1 Å². The lowest BCUT2D eigenvalue weighted by Gasteiger charge is -2.19. The van der Waals surface area contributed by atoms with Crippen molar-refractivity contribution in [3.63, 3.8) is 0 Å². The largest absolute Gasteiger partial charge is 0.494 e. The maximum Gasteiger partial charge on any atom is 0.319 e. The van der Waals surface area contributed by atoms with Gasteiger partial charge >= 0.3 is 6.03 Å². The van der Waals surface area contributed by atoms with Crippen molar-refractivity contribution in [2.75, 3.05) is 23.9 Å². The number of hydrogen-bond donors (Lipinski definition) is 2. The van der Waals surface area contributed by atoms with Crippen molar-refractivity contribution in [1.29, 1.82) is 0 Å². The number of rotatable bonds is 7. The maximum absolute atomic E-state index is 12.3. The predicted molar refractivity (Wildman–Crippen MR) is 118 cm³/mol. The number of nitrogens with zero attached hydrogens (tertiary/aromatic N) is 3. The highest BCUT2D eigenvalue weighted by atomic mass is 16.5. The van der Waals surface area contributed by atoms with Crippen LogP contribution in [-0.4, -0.2) is 35.4 Å². The van der Waals surface area contributed by atoms with E-state index in [1.165, 1.54) is 0 Å². The first-order valence-electron chi connectivity index (χ1n) is 10.2. The van der Waals surface area contributed by atoms with Crippen molar-refractivity contribution in [3.8, 4) is 5.75 Å². The molecule has 8 nitrogen and oxygen atoms in total. The van der Waals surface area contributed by atoms with Crippen LogP contribution >= 0.6 is 0 Å². The minimum Gasteiger partial charge on any atom is -0.494 e. The van der Waals surface area contributed by atoms with Crippen LogP contribution in [0.25, 0.3) is 0 Å². The number of urea groups is 1. The molecule has 160 valence electrons.